The number of unbranched alkanes of at least 4 members (excludes halogenated alkanes) is 1. The van der Waals surface area contributed by atoms with Crippen molar-refractivity contribution in [2.45, 2.75) is 56.1 Å². The number of fused-ring (bicyclic) bond motifs is 2. The van der Waals surface area contributed by atoms with Gasteiger partial charge in [-0.3, -0.25) is 8.98 Å². The molecule has 1 aromatic rings. The van der Waals surface area contributed by atoms with Crippen LogP contribution in [-0.2, 0) is 23.8 Å². The number of aryl methyl sites for hydroxylation is 1. The van der Waals surface area contributed by atoms with E-state index in [1.807, 2.05) is 6.92 Å². The van der Waals surface area contributed by atoms with E-state index in [9.17, 15) is 13.2 Å². The van der Waals surface area contributed by atoms with Gasteiger partial charge in [-0.25, -0.2) is 0 Å². The van der Waals surface area contributed by atoms with Gasteiger partial charge in [-0.2, -0.15) is 8.42 Å². The lowest BCUT2D eigenvalue weighted by Crippen LogP contribution is -2.26. The first-order valence-corrected chi connectivity index (χ1v) is 9.69. The molecule has 2 heterocycles. The molecule has 6 heteroatoms. The van der Waals surface area contributed by atoms with Crippen molar-refractivity contribution in [3.05, 3.63) is 41.5 Å². The van der Waals surface area contributed by atoms with Crippen LogP contribution in [0.2, 0.25) is 0 Å². The quantitative estimate of drug-likeness (QED) is 0.430. The molecular weight excluding hydrogens is 328 g/mol. The van der Waals surface area contributed by atoms with Gasteiger partial charge in [-0.05, 0) is 43.9 Å². The molecule has 1 aromatic carbocycles. The largest absolute Gasteiger partial charge is 0.366 e. The molecule has 2 atom stereocenters. The molecule has 0 unspecified atom stereocenters. The molecule has 5 nitrogen and oxygen atoms in total. The summed E-state index contributed by atoms with van der Waals surface area (Å²) in [6.45, 7) is 2.07. The standard InChI is InChI=1S/C18H22O5S/c1-13-5-7-17(8-6-13)24(20,21)22-9-3-2-4-14-10-16-11-15(19)12-18(14)23-16/h5-8,10,16,18H,2-4,9,11-12H2,1H3/t16-,18-/m0/s1. The van der Waals surface area contributed by atoms with Crippen molar-refractivity contribution in [3.63, 3.8) is 0 Å². The van der Waals surface area contributed by atoms with Crippen LogP contribution in [0.1, 0.15) is 37.7 Å². The van der Waals surface area contributed by atoms with Crippen molar-refractivity contribution in [2.75, 3.05) is 6.61 Å². The molecule has 1 fully saturated rings. The number of benzene rings is 1. The Hall–Kier alpha value is -1.50. The normalized spacial score (nSPS) is 23.4. The van der Waals surface area contributed by atoms with E-state index in [-0.39, 0.29) is 29.5 Å². The Morgan fingerprint density at radius 3 is 2.67 bits per heavy atom. The van der Waals surface area contributed by atoms with Gasteiger partial charge >= 0.3 is 0 Å². The van der Waals surface area contributed by atoms with E-state index in [0.29, 0.717) is 19.3 Å². The van der Waals surface area contributed by atoms with Crippen LogP contribution in [0.4, 0.5) is 0 Å². The van der Waals surface area contributed by atoms with Crippen LogP contribution in [0.15, 0.2) is 40.8 Å². The molecule has 0 aliphatic carbocycles. The maximum atomic E-state index is 12.1. The molecule has 0 amide bonds. The first-order valence-electron chi connectivity index (χ1n) is 8.28. The summed E-state index contributed by atoms with van der Waals surface area (Å²) < 4.78 is 34.9. The van der Waals surface area contributed by atoms with Gasteiger partial charge in [0.1, 0.15) is 5.78 Å². The summed E-state index contributed by atoms with van der Waals surface area (Å²) in [5.74, 6) is 0.259. The summed E-state index contributed by atoms with van der Waals surface area (Å²) in [6, 6.07) is 6.62. The van der Waals surface area contributed by atoms with Crippen LogP contribution in [0.3, 0.4) is 0 Å². The Morgan fingerprint density at radius 2 is 1.92 bits per heavy atom. The van der Waals surface area contributed by atoms with E-state index >= 15 is 0 Å². The molecule has 1 saturated heterocycles. The van der Waals surface area contributed by atoms with Gasteiger partial charge in [0, 0.05) is 12.8 Å². The summed E-state index contributed by atoms with van der Waals surface area (Å²) in [7, 11) is -3.68. The first-order chi connectivity index (χ1) is 11.4. The lowest BCUT2D eigenvalue weighted by molar-refractivity contribution is -0.128. The number of rotatable bonds is 7. The van der Waals surface area contributed by atoms with Crippen LogP contribution in [-0.4, -0.2) is 33.0 Å². The molecule has 2 aliphatic rings. The summed E-state index contributed by atoms with van der Waals surface area (Å²) >= 11 is 0. The monoisotopic (exact) mass is 350 g/mol. The van der Waals surface area contributed by atoms with Crippen molar-refractivity contribution >= 4 is 15.9 Å². The second-order valence-corrected chi connectivity index (χ2v) is 8.01. The highest BCUT2D eigenvalue weighted by atomic mass is 32.2. The van der Waals surface area contributed by atoms with Gasteiger partial charge in [-0.1, -0.05) is 23.8 Å². The molecule has 0 aromatic heterocycles. The fourth-order valence-corrected chi connectivity index (χ4v) is 4.04. The highest BCUT2D eigenvalue weighted by Crippen LogP contribution is 2.32. The van der Waals surface area contributed by atoms with Gasteiger partial charge in [0.2, 0.25) is 0 Å². The molecule has 2 aliphatic heterocycles. The fraction of sp³-hybridized carbons (Fsp3) is 0.500. The third-order valence-corrected chi connectivity index (χ3v) is 5.73. The predicted octanol–water partition coefficient (Wildman–Crippen LogP) is 2.93. The predicted molar refractivity (Wildman–Crippen MR) is 89.2 cm³/mol. The molecule has 3 rings (SSSR count). The Morgan fingerprint density at radius 1 is 1.17 bits per heavy atom. The van der Waals surface area contributed by atoms with Gasteiger partial charge in [-0.15, -0.1) is 0 Å². The van der Waals surface area contributed by atoms with Crippen LogP contribution < -0.4 is 0 Å². The number of ether oxygens (including phenoxy) is 1. The lowest BCUT2D eigenvalue weighted by Gasteiger charge is -2.21. The Bertz CT molecular complexity index is 733. The molecule has 24 heavy (non-hydrogen) atoms. The fourth-order valence-electron chi connectivity index (χ4n) is 3.10. The second kappa shape index (κ2) is 7.17. The van der Waals surface area contributed by atoms with E-state index in [0.717, 1.165) is 18.4 Å². The van der Waals surface area contributed by atoms with Crippen molar-refractivity contribution in [3.8, 4) is 0 Å². The SMILES string of the molecule is Cc1ccc(S(=O)(=O)OCCCCC2=C[C@H]3CC(=O)C[C@@H]2O3)cc1. The maximum Gasteiger partial charge on any atom is 0.296 e. The summed E-state index contributed by atoms with van der Waals surface area (Å²) in [5, 5.41) is 0. The van der Waals surface area contributed by atoms with E-state index in [4.69, 9.17) is 8.92 Å². The molecule has 130 valence electrons. The zero-order valence-electron chi connectivity index (χ0n) is 13.7. The van der Waals surface area contributed by atoms with E-state index in [1.54, 1.807) is 24.3 Å². The number of carbonyl (C=O) groups is 1. The van der Waals surface area contributed by atoms with Crippen molar-refractivity contribution in [1.82, 2.24) is 0 Å². The Labute approximate surface area is 142 Å². The molecule has 0 saturated carbocycles. The highest BCUT2D eigenvalue weighted by Gasteiger charge is 2.34. The molecule has 0 spiro atoms. The molecule has 2 bridgehead atoms. The zero-order valence-corrected chi connectivity index (χ0v) is 14.6. The van der Waals surface area contributed by atoms with Gasteiger partial charge in [0.05, 0.1) is 23.7 Å². The van der Waals surface area contributed by atoms with Gasteiger partial charge in [0.25, 0.3) is 10.1 Å². The number of Topliss-reactive ketones (excluding diaryl/α,β-unsaturated/α-hetero) is 1. The summed E-state index contributed by atoms with van der Waals surface area (Å²) in [6.07, 6.45) is 5.18. The Balaban J connectivity index is 1.42. The van der Waals surface area contributed by atoms with Crippen LogP contribution in [0, 0.1) is 6.92 Å². The average molecular weight is 350 g/mol. The van der Waals surface area contributed by atoms with Crippen molar-refractivity contribution < 1.29 is 22.1 Å². The minimum Gasteiger partial charge on any atom is -0.366 e. The smallest absolute Gasteiger partial charge is 0.296 e. The zero-order chi connectivity index (χ0) is 17.2. The molecule has 0 radical (unpaired) electrons. The molecule has 0 N–H and O–H groups in total. The maximum absolute atomic E-state index is 12.1. The van der Waals surface area contributed by atoms with Crippen LogP contribution in [0.5, 0.6) is 0 Å². The van der Waals surface area contributed by atoms with E-state index in [1.165, 1.54) is 5.57 Å². The first kappa shape index (κ1) is 17.3. The molecular formula is C18H22O5S. The van der Waals surface area contributed by atoms with E-state index in [2.05, 4.69) is 6.08 Å². The number of ketones is 1. The minimum absolute atomic E-state index is 0.0515. The number of carbonyl (C=O) groups excluding carboxylic acids is 1. The average Bonchev–Trinajstić information content (AvgIpc) is 2.81. The summed E-state index contributed by atoms with van der Waals surface area (Å²) in [5.41, 5.74) is 2.18. The Kier molecular flexibility index (Phi) is 5.18. The summed E-state index contributed by atoms with van der Waals surface area (Å²) in [4.78, 5) is 11.7. The lowest BCUT2D eigenvalue weighted by atomic mass is 10.0. The van der Waals surface area contributed by atoms with E-state index < -0.39 is 10.1 Å². The minimum atomic E-state index is -3.68. The van der Waals surface area contributed by atoms with Crippen LogP contribution in [0.25, 0.3) is 0 Å². The van der Waals surface area contributed by atoms with Crippen molar-refractivity contribution in [1.29, 1.82) is 0 Å². The van der Waals surface area contributed by atoms with Crippen LogP contribution >= 0.6 is 0 Å². The number of hydrogen-bond acceptors (Lipinski definition) is 5. The highest BCUT2D eigenvalue weighted by molar-refractivity contribution is 7.86. The van der Waals surface area contributed by atoms with Gasteiger partial charge < -0.3 is 4.74 Å². The third-order valence-electron chi connectivity index (χ3n) is 4.40. The van der Waals surface area contributed by atoms with Gasteiger partial charge in [0.15, 0.2) is 0 Å². The topological polar surface area (TPSA) is 69.7 Å². The third kappa shape index (κ3) is 4.12. The second-order valence-electron chi connectivity index (χ2n) is 6.40. The number of hydrogen-bond donors (Lipinski definition) is 0. The van der Waals surface area contributed by atoms with Crippen molar-refractivity contribution in [2.24, 2.45) is 0 Å².